The minimum absolute atomic E-state index is 0.111. The van der Waals surface area contributed by atoms with Crippen molar-refractivity contribution < 1.29 is 4.79 Å². The number of hydrogen-bond donors (Lipinski definition) is 3. The van der Waals surface area contributed by atoms with E-state index in [1.165, 1.54) is 0 Å². The summed E-state index contributed by atoms with van der Waals surface area (Å²) in [5.74, 6) is 0.495. The second-order valence-electron chi connectivity index (χ2n) is 7.39. The van der Waals surface area contributed by atoms with Crippen molar-refractivity contribution in [2.75, 3.05) is 5.32 Å². The van der Waals surface area contributed by atoms with Crippen LogP contribution in [-0.4, -0.2) is 28.0 Å². The zero-order chi connectivity index (χ0) is 19.3. The molecule has 28 heavy (non-hydrogen) atoms. The first-order valence-corrected chi connectivity index (χ1v) is 9.78. The van der Waals surface area contributed by atoms with Crippen LogP contribution in [0.15, 0.2) is 54.7 Å². The van der Waals surface area contributed by atoms with Gasteiger partial charge in [0.1, 0.15) is 0 Å². The molecule has 144 valence electrons. The molecule has 4 rings (SSSR count). The molecule has 1 amide bonds. The fourth-order valence-electron chi connectivity index (χ4n) is 3.56. The average molecular weight is 375 g/mol. The standard InChI is InChI=1S/C22H25N5O/c23-18-8-10-19(11-9-18)26-22-25-14-17-7-6-16(12-20(17)27-22)21(28)24-13-15-4-2-1-3-5-15/h1-7,12,14,18-19H,8-11,13,23H2,(H,24,28)(H,25,26,27). The van der Waals surface area contributed by atoms with Crippen molar-refractivity contribution in [3.63, 3.8) is 0 Å². The highest BCUT2D eigenvalue weighted by Gasteiger charge is 2.19. The lowest BCUT2D eigenvalue weighted by Crippen LogP contribution is -2.33. The maximum atomic E-state index is 12.5. The Bertz CT molecular complexity index is 952. The predicted molar refractivity (Wildman–Crippen MR) is 111 cm³/mol. The number of rotatable bonds is 5. The molecular formula is C22H25N5O. The van der Waals surface area contributed by atoms with Crippen molar-refractivity contribution in [1.29, 1.82) is 0 Å². The number of nitrogens with one attached hydrogen (secondary N) is 2. The molecule has 1 heterocycles. The molecule has 0 saturated heterocycles. The first-order chi connectivity index (χ1) is 13.7. The molecule has 4 N–H and O–H groups in total. The lowest BCUT2D eigenvalue weighted by Gasteiger charge is -2.26. The molecule has 0 spiro atoms. The molecule has 6 nitrogen and oxygen atoms in total. The lowest BCUT2D eigenvalue weighted by molar-refractivity contribution is 0.0951. The van der Waals surface area contributed by atoms with E-state index in [0.717, 1.165) is 42.1 Å². The number of hydrogen-bond acceptors (Lipinski definition) is 5. The molecule has 1 aliphatic carbocycles. The molecule has 6 heteroatoms. The van der Waals surface area contributed by atoms with E-state index in [2.05, 4.69) is 20.6 Å². The van der Waals surface area contributed by atoms with E-state index in [-0.39, 0.29) is 5.91 Å². The van der Waals surface area contributed by atoms with Gasteiger partial charge in [0.25, 0.3) is 5.91 Å². The van der Waals surface area contributed by atoms with Crippen LogP contribution in [0.1, 0.15) is 41.6 Å². The van der Waals surface area contributed by atoms with Crippen LogP contribution in [0.3, 0.4) is 0 Å². The number of anilines is 1. The van der Waals surface area contributed by atoms with Crippen LogP contribution in [0.4, 0.5) is 5.95 Å². The highest BCUT2D eigenvalue weighted by molar-refractivity contribution is 5.97. The highest BCUT2D eigenvalue weighted by atomic mass is 16.1. The number of benzene rings is 2. The summed E-state index contributed by atoms with van der Waals surface area (Å²) in [4.78, 5) is 21.5. The van der Waals surface area contributed by atoms with Crippen molar-refractivity contribution in [2.45, 2.75) is 44.3 Å². The molecule has 1 saturated carbocycles. The van der Waals surface area contributed by atoms with E-state index in [1.54, 1.807) is 6.20 Å². The monoisotopic (exact) mass is 375 g/mol. The fourth-order valence-corrected chi connectivity index (χ4v) is 3.56. The van der Waals surface area contributed by atoms with Gasteiger partial charge in [-0.25, -0.2) is 9.97 Å². The second kappa shape index (κ2) is 8.35. The van der Waals surface area contributed by atoms with Crippen LogP contribution >= 0.6 is 0 Å². The minimum atomic E-state index is -0.111. The highest BCUT2D eigenvalue weighted by Crippen LogP contribution is 2.21. The summed E-state index contributed by atoms with van der Waals surface area (Å²) < 4.78 is 0. The van der Waals surface area contributed by atoms with Gasteiger partial charge in [-0.3, -0.25) is 4.79 Å². The summed E-state index contributed by atoms with van der Waals surface area (Å²) in [5, 5.41) is 7.28. The Morgan fingerprint density at radius 2 is 1.86 bits per heavy atom. The van der Waals surface area contributed by atoms with Gasteiger partial charge in [0.05, 0.1) is 5.52 Å². The van der Waals surface area contributed by atoms with Crippen molar-refractivity contribution in [3.8, 4) is 0 Å². The molecule has 3 aromatic rings. The van der Waals surface area contributed by atoms with E-state index >= 15 is 0 Å². The third-order valence-electron chi connectivity index (χ3n) is 5.25. The van der Waals surface area contributed by atoms with E-state index in [1.807, 2.05) is 48.5 Å². The van der Waals surface area contributed by atoms with Crippen molar-refractivity contribution >= 4 is 22.8 Å². The van der Waals surface area contributed by atoms with Gasteiger partial charge in [-0.1, -0.05) is 36.4 Å². The van der Waals surface area contributed by atoms with Gasteiger partial charge in [0, 0.05) is 35.8 Å². The number of amides is 1. The van der Waals surface area contributed by atoms with Gasteiger partial charge in [-0.15, -0.1) is 0 Å². The topological polar surface area (TPSA) is 92.9 Å². The number of carbonyl (C=O) groups excluding carboxylic acids is 1. The second-order valence-corrected chi connectivity index (χ2v) is 7.39. The van der Waals surface area contributed by atoms with Crippen molar-refractivity contribution in [1.82, 2.24) is 15.3 Å². The summed E-state index contributed by atoms with van der Waals surface area (Å²) in [7, 11) is 0. The first kappa shape index (κ1) is 18.4. The number of aromatic nitrogens is 2. The quantitative estimate of drug-likeness (QED) is 0.637. The SMILES string of the molecule is NC1CCC(Nc2ncc3ccc(C(=O)NCc4ccccc4)cc3n2)CC1. The maximum Gasteiger partial charge on any atom is 0.251 e. The van der Waals surface area contributed by atoms with E-state index in [4.69, 9.17) is 5.73 Å². The Morgan fingerprint density at radius 1 is 1.07 bits per heavy atom. The first-order valence-electron chi connectivity index (χ1n) is 9.78. The van der Waals surface area contributed by atoms with Crippen LogP contribution in [-0.2, 0) is 6.54 Å². The van der Waals surface area contributed by atoms with Crippen LogP contribution in [0.25, 0.3) is 10.9 Å². The van der Waals surface area contributed by atoms with Crippen LogP contribution in [0.2, 0.25) is 0 Å². The summed E-state index contributed by atoms with van der Waals surface area (Å²) >= 11 is 0. The largest absolute Gasteiger partial charge is 0.351 e. The van der Waals surface area contributed by atoms with E-state index in [9.17, 15) is 4.79 Å². The number of nitrogens with zero attached hydrogens (tertiary/aromatic N) is 2. The van der Waals surface area contributed by atoms with Gasteiger partial charge >= 0.3 is 0 Å². The van der Waals surface area contributed by atoms with Gasteiger partial charge < -0.3 is 16.4 Å². The van der Waals surface area contributed by atoms with Gasteiger partial charge in [0.15, 0.2) is 0 Å². The van der Waals surface area contributed by atoms with Gasteiger partial charge in [-0.05, 0) is 43.4 Å². The zero-order valence-corrected chi connectivity index (χ0v) is 15.8. The predicted octanol–water partition coefficient (Wildman–Crippen LogP) is 3.24. The molecule has 1 aromatic heterocycles. The Kier molecular flexibility index (Phi) is 5.48. The third-order valence-corrected chi connectivity index (χ3v) is 5.25. The molecule has 0 unspecified atom stereocenters. The molecule has 1 aliphatic rings. The molecule has 0 bridgehead atoms. The zero-order valence-electron chi connectivity index (χ0n) is 15.8. The Labute approximate surface area is 164 Å². The smallest absolute Gasteiger partial charge is 0.251 e. The Balaban J connectivity index is 1.45. The third kappa shape index (κ3) is 4.46. The van der Waals surface area contributed by atoms with E-state index < -0.39 is 0 Å². The number of fused-ring (bicyclic) bond motifs is 1. The Hall–Kier alpha value is -2.99. The summed E-state index contributed by atoms with van der Waals surface area (Å²) in [6, 6.07) is 16.0. The number of nitrogens with two attached hydrogens (primary N) is 1. The molecule has 0 radical (unpaired) electrons. The van der Waals surface area contributed by atoms with E-state index in [0.29, 0.717) is 30.1 Å². The summed E-state index contributed by atoms with van der Waals surface area (Å²) in [6.07, 6.45) is 5.91. The van der Waals surface area contributed by atoms with Crippen LogP contribution in [0, 0.1) is 0 Å². The normalized spacial score (nSPS) is 19.3. The van der Waals surface area contributed by atoms with Crippen molar-refractivity contribution in [2.24, 2.45) is 5.73 Å². The van der Waals surface area contributed by atoms with Gasteiger partial charge in [-0.2, -0.15) is 0 Å². The summed E-state index contributed by atoms with van der Waals surface area (Å²) in [6.45, 7) is 0.498. The molecule has 0 atom stereocenters. The summed E-state index contributed by atoms with van der Waals surface area (Å²) in [5.41, 5.74) is 8.40. The van der Waals surface area contributed by atoms with Gasteiger partial charge in [0.2, 0.25) is 5.95 Å². The lowest BCUT2D eigenvalue weighted by atomic mass is 9.92. The minimum Gasteiger partial charge on any atom is -0.351 e. The molecule has 2 aromatic carbocycles. The number of carbonyl (C=O) groups is 1. The average Bonchev–Trinajstić information content (AvgIpc) is 2.74. The maximum absolute atomic E-state index is 12.5. The van der Waals surface area contributed by atoms with Crippen LogP contribution < -0.4 is 16.4 Å². The molecule has 1 fully saturated rings. The van der Waals surface area contributed by atoms with Crippen LogP contribution in [0.5, 0.6) is 0 Å². The Morgan fingerprint density at radius 3 is 2.64 bits per heavy atom. The fraction of sp³-hybridized carbons (Fsp3) is 0.318. The van der Waals surface area contributed by atoms with Crippen molar-refractivity contribution in [3.05, 3.63) is 65.9 Å². The molecular weight excluding hydrogens is 350 g/mol. The molecule has 0 aliphatic heterocycles.